The molecule has 138 valence electrons. The van der Waals surface area contributed by atoms with Gasteiger partial charge in [-0.2, -0.15) is 0 Å². The van der Waals surface area contributed by atoms with E-state index < -0.39 is 23.8 Å². The zero-order chi connectivity index (χ0) is 18.7. The molecule has 2 aliphatic rings. The molecule has 0 saturated carbocycles. The molecule has 0 bridgehead atoms. The molecule has 26 heavy (non-hydrogen) atoms. The number of hydrogen-bond acceptors (Lipinski definition) is 5. The zero-order valence-electron chi connectivity index (χ0n) is 14.7. The summed E-state index contributed by atoms with van der Waals surface area (Å²) < 4.78 is 5.74. The summed E-state index contributed by atoms with van der Waals surface area (Å²) in [7, 11) is 0. The van der Waals surface area contributed by atoms with Gasteiger partial charge in [0, 0.05) is 6.42 Å². The lowest BCUT2D eigenvalue weighted by molar-refractivity contribution is -0.136. The van der Waals surface area contributed by atoms with Gasteiger partial charge in [-0.25, -0.2) is 0 Å². The van der Waals surface area contributed by atoms with Crippen LogP contribution in [-0.4, -0.2) is 41.2 Å². The summed E-state index contributed by atoms with van der Waals surface area (Å²) in [4.78, 5) is 49.9. The maximum Gasteiger partial charge on any atom is 0.266 e. The molecule has 1 unspecified atom stereocenters. The first kappa shape index (κ1) is 18.1. The van der Waals surface area contributed by atoms with E-state index in [1.54, 1.807) is 18.2 Å². The van der Waals surface area contributed by atoms with Crippen LogP contribution in [0.5, 0.6) is 5.75 Å². The summed E-state index contributed by atoms with van der Waals surface area (Å²) in [6.45, 7) is 2.59. The molecule has 7 heteroatoms. The zero-order valence-corrected chi connectivity index (χ0v) is 14.7. The highest BCUT2D eigenvalue weighted by molar-refractivity contribution is 6.24. The number of hydrogen-bond donors (Lipinski definition) is 1. The lowest BCUT2D eigenvalue weighted by atomic mass is 10.0. The van der Waals surface area contributed by atoms with Gasteiger partial charge in [0.2, 0.25) is 11.8 Å². The lowest BCUT2D eigenvalue weighted by Gasteiger charge is -2.27. The first-order chi connectivity index (χ1) is 12.5. The van der Waals surface area contributed by atoms with E-state index in [0.717, 1.165) is 30.6 Å². The molecule has 1 aromatic carbocycles. The SMILES string of the molecule is CCCCCCOc1cccc2c1C(=O)N(C1CCC(=O)NC1=O)C2=O. The van der Waals surface area contributed by atoms with E-state index in [2.05, 4.69) is 12.2 Å². The van der Waals surface area contributed by atoms with E-state index in [4.69, 9.17) is 4.74 Å². The largest absolute Gasteiger partial charge is 0.493 e. The number of benzene rings is 1. The number of nitrogens with one attached hydrogen (secondary N) is 1. The van der Waals surface area contributed by atoms with Gasteiger partial charge in [0.1, 0.15) is 11.8 Å². The Kier molecular flexibility index (Phi) is 5.35. The average molecular weight is 358 g/mol. The first-order valence-corrected chi connectivity index (χ1v) is 9.02. The lowest BCUT2D eigenvalue weighted by Crippen LogP contribution is -2.54. The maximum atomic E-state index is 12.8. The van der Waals surface area contributed by atoms with Gasteiger partial charge >= 0.3 is 0 Å². The smallest absolute Gasteiger partial charge is 0.266 e. The second-order valence-corrected chi connectivity index (χ2v) is 6.54. The van der Waals surface area contributed by atoms with Crippen LogP contribution in [0.2, 0.25) is 0 Å². The molecule has 1 N–H and O–H groups in total. The van der Waals surface area contributed by atoms with Crippen molar-refractivity contribution in [3.8, 4) is 5.75 Å². The molecular formula is C19H22N2O5. The molecule has 2 heterocycles. The molecule has 4 amide bonds. The Balaban J connectivity index is 1.78. The normalized spacial score (nSPS) is 19.6. The van der Waals surface area contributed by atoms with Crippen LogP contribution in [0.3, 0.4) is 0 Å². The van der Waals surface area contributed by atoms with Crippen LogP contribution in [0.25, 0.3) is 0 Å². The van der Waals surface area contributed by atoms with Gasteiger partial charge < -0.3 is 4.74 Å². The number of fused-ring (bicyclic) bond motifs is 1. The highest BCUT2D eigenvalue weighted by Crippen LogP contribution is 2.33. The van der Waals surface area contributed by atoms with Crippen molar-refractivity contribution < 1.29 is 23.9 Å². The topological polar surface area (TPSA) is 92.8 Å². The number of unbranched alkanes of at least 4 members (excludes halogenated alkanes) is 3. The number of carbonyl (C=O) groups excluding carboxylic acids is 4. The van der Waals surface area contributed by atoms with E-state index in [-0.39, 0.29) is 29.9 Å². The molecule has 3 rings (SSSR count). The van der Waals surface area contributed by atoms with Gasteiger partial charge in [-0.15, -0.1) is 0 Å². The van der Waals surface area contributed by atoms with Gasteiger partial charge in [-0.05, 0) is 25.0 Å². The van der Waals surface area contributed by atoms with Gasteiger partial charge in [0.15, 0.2) is 0 Å². The highest BCUT2D eigenvalue weighted by atomic mass is 16.5. The van der Waals surface area contributed by atoms with E-state index in [1.807, 2.05) is 0 Å². The van der Waals surface area contributed by atoms with Crippen molar-refractivity contribution in [2.75, 3.05) is 6.61 Å². The second-order valence-electron chi connectivity index (χ2n) is 6.54. The number of imide groups is 2. The third-order valence-electron chi connectivity index (χ3n) is 4.69. The number of amides is 4. The fraction of sp³-hybridized carbons (Fsp3) is 0.474. The molecular weight excluding hydrogens is 336 g/mol. The Bertz CT molecular complexity index is 758. The number of rotatable bonds is 7. The predicted molar refractivity (Wildman–Crippen MR) is 92.8 cm³/mol. The highest BCUT2D eigenvalue weighted by Gasteiger charge is 2.45. The molecule has 1 atom stereocenters. The van der Waals surface area contributed by atoms with Gasteiger partial charge in [-0.1, -0.05) is 32.3 Å². The average Bonchev–Trinajstić information content (AvgIpc) is 2.87. The van der Waals surface area contributed by atoms with Crippen LogP contribution >= 0.6 is 0 Å². The van der Waals surface area contributed by atoms with Crippen molar-refractivity contribution in [3.63, 3.8) is 0 Å². The standard InChI is InChI=1S/C19H22N2O5/c1-2-3-4-5-11-26-14-8-6-7-12-16(14)19(25)21(18(12)24)13-9-10-15(22)20-17(13)23/h6-8,13H,2-5,9-11H2,1H3,(H,20,22,23). The van der Waals surface area contributed by atoms with Gasteiger partial charge in [0.25, 0.3) is 11.8 Å². The Labute approximate surface area is 151 Å². The number of nitrogens with zero attached hydrogens (tertiary/aromatic N) is 1. The summed E-state index contributed by atoms with van der Waals surface area (Å²) in [5.41, 5.74) is 0.448. The number of piperidine rings is 1. The summed E-state index contributed by atoms with van der Waals surface area (Å²) in [6, 6.07) is 3.93. The minimum atomic E-state index is -0.961. The van der Waals surface area contributed by atoms with E-state index in [9.17, 15) is 19.2 Å². The maximum absolute atomic E-state index is 12.8. The summed E-state index contributed by atoms with van der Waals surface area (Å²) in [5, 5.41) is 2.19. The molecule has 0 spiro atoms. The van der Waals surface area contributed by atoms with Gasteiger partial charge in [0.05, 0.1) is 17.7 Å². The monoisotopic (exact) mass is 358 g/mol. The van der Waals surface area contributed by atoms with Crippen molar-refractivity contribution >= 4 is 23.6 Å². The number of ether oxygens (including phenoxy) is 1. The van der Waals surface area contributed by atoms with Crippen molar-refractivity contribution in [2.45, 2.75) is 51.5 Å². The Morgan fingerprint density at radius 3 is 2.65 bits per heavy atom. The molecule has 7 nitrogen and oxygen atoms in total. The van der Waals surface area contributed by atoms with E-state index in [0.29, 0.717) is 12.4 Å². The summed E-state index contributed by atoms with van der Waals surface area (Å²) >= 11 is 0. The molecule has 0 radical (unpaired) electrons. The third-order valence-corrected chi connectivity index (χ3v) is 4.69. The van der Waals surface area contributed by atoms with Crippen LogP contribution in [0.15, 0.2) is 18.2 Å². The summed E-state index contributed by atoms with van der Waals surface area (Å²) in [5.74, 6) is -1.69. The fourth-order valence-electron chi connectivity index (χ4n) is 3.32. The molecule has 1 saturated heterocycles. The van der Waals surface area contributed by atoms with Crippen molar-refractivity contribution in [1.82, 2.24) is 10.2 Å². The van der Waals surface area contributed by atoms with Crippen molar-refractivity contribution in [2.24, 2.45) is 0 Å². The number of carbonyl (C=O) groups is 4. The predicted octanol–water partition coefficient (Wildman–Crippen LogP) is 2.05. The fourth-order valence-corrected chi connectivity index (χ4v) is 3.32. The van der Waals surface area contributed by atoms with Crippen LogP contribution < -0.4 is 10.1 Å². The minimum absolute atomic E-state index is 0.102. The third kappa shape index (κ3) is 3.34. The van der Waals surface area contributed by atoms with E-state index in [1.165, 1.54) is 0 Å². The molecule has 1 fully saturated rings. The molecule has 1 aromatic rings. The first-order valence-electron chi connectivity index (χ1n) is 9.02. The second kappa shape index (κ2) is 7.68. The minimum Gasteiger partial charge on any atom is -0.493 e. The quantitative estimate of drug-likeness (QED) is 0.595. The van der Waals surface area contributed by atoms with Crippen molar-refractivity contribution in [3.05, 3.63) is 29.3 Å². The van der Waals surface area contributed by atoms with Crippen molar-refractivity contribution in [1.29, 1.82) is 0 Å². The molecule has 0 aromatic heterocycles. The van der Waals surface area contributed by atoms with Gasteiger partial charge in [-0.3, -0.25) is 29.4 Å². The summed E-state index contributed by atoms with van der Waals surface area (Å²) in [6.07, 6.45) is 4.40. The van der Waals surface area contributed by atoms with Crippen LogP contribution in [0, 0.1) is 0 Å². The van der Waals surface area contributed by atoms with Crippen LogP contribution in [0.4, 0.5) is 0 Å². The van der Waals surface area contributed by atoms with Crippen LogP contribution in [-0.2, 0) is 9.59 Å². The Hall–Kier alpha value is -2.70. The molecule has 2 aliphatic heterocycles. The molecule has 0 aliphatic carbocycles. The van der Waals surface area contributed by atoms with Crippen LogP contribution in [0.1, 0.15) is 66.2 Å². The Morgan fingerprint density at radius 1 is 1.12 bits per heavy atom. The Morgan fingerprint density at radius 2 is 1.92 bits per heavy atom. The van der Waals surface area contributed by atoms with E-state index >= 15 is 0 Å².